The fraction of sp³-hybridized carbons (Fsp3) is 0.318. The second-order valence-corrected chi connectivity index (χ2v) is 6.65. The van der Waals surface area contributed by atoms with E-state index < -0.39 is 0 Å². The lowest BCUT2D eigenvalue weighted by Crippen LogP contribution is -2.29. The standard InChI is InChI=1S/C22H25NO3/c1-26-20-9-5-17(6-10-20)7-11-21(24)18-8-12-22(25)19(15-18)16-23-13-3-2-4-14-23/h5-12,15,25H,2-4,13-14,16H2,1H3/b11-7+. The molecule has 2 aromatic carbocycles. The molecule has 1 N–H and O–H groups in total. The first-order valence-electron chi connectivity index (χ1n) is 9.06. The Morgan fingerprint density at radius 1 is 1.12 bits per heavy atom. The zero-order valence-electron chi connectivity index (χ0n) is 15.1. The maximum Gasteiger partial charge on any atom is 0.185 e. The van der Waals surface area contributed by atoms with Gasteiger partial charge in [-0.15, -0.1) is 0 Å². The van der Waals surface area contributed by atoms with Crippen molar-refractivity contribution in [2.24, 2.45) is 0 Å². The summed E-state index contributed by atoms with van der Waals surface area (Å²) in [5.74, 6) is 0.973. The molecule has 0 unspecified atom stereocenters. The van der Waals surface area contributed by atoms with Crippen LogP contribution in [0, 0.1) is 0 Å². The van der Waals surface area contributed by atoms with Crippen LogP contribution in [-0.2, 0) is 6.54 Å². The van der Waals surface area contributed by atoms with Gasteiger partial charge in [0, 0.05) is 17.7 Å². The first-order valence-corrected chi connectivity index (χ1v) is 9.06. The SMILES string of the molecule is COc1ccc(/C=C/C(=O)c2ccc(O)c(CN3CCCCC3)c2)cc1. The van der Waals surface area contributed by atoms with Crippen molar-refractivity contribution in [2.45, 2.75) is 25.8 Å². The van der Waals surface area contributed by atoms with Crippen LogP contribution in [0.25, 0.3) is 6.08 Å². The molecular formula is C22H25NO3. The van der Waals surface area contributed by atoms with Gasteiger partial charge in [0.15, 0.2) is 5.78 Å². The molecule has 0 amide bonds. The molecule has 1 aliphatic heterocycles. The van der Waals surface area contributed by atoms with Crippen molar-refractivity contribution >= 4 is 11.9 Å². The van der Waals surface area contributed by atoms with E-state index in [4.69, 9.17) is 4.74 Å². The molecule has 0 atom stereocenters. The lowest BCUT2D eigenvalue weighted by molar-refractivity contribution is 0.104. The number of phenols is 1. The number of rotatable bonds is 6. The average molecular weight is 351 g/mol. The molecule has 26 heavy (non-hydrogen) atoms. The monoisotopic (exact) mass is 351 g/mol. The summed E-state index contributed by atoms with van der Waals surface area (Å²) in [6, 6.07) is 12.6. The van der Waals surface area contributed by atoms with Crippen LogP contribution in [0.4, 0.5) is 0 Å². The number of carbonyl (C=O) groups excluding carboxylic acids is 1. The number of aromatic hydroxyl groups is 1. The lowest BCUT2D eigenvalue weighted by Gasteiger charge is -2.26. The van der Waals surface area contributed by atoms with Gasteiger partial charge in [-0.25, -0.2) is 0 Å². The Hall–Kier alpha value is -2.59. The third-order valence-corrected chi connectivity index (χ3v) is 4.75. The zero-order chi connectivity index (χ0) is 18.4. The number of piperidine rings is 1. The minimum absolute atomic E-state index is 0.0688. The summed E-state index contributed by atoms with van der Waals surface area (Å²) in [5, 5.41) is 10.1. The normalized spacial score (nSPS) is 15.3. The molecule has 1 aliphatic rings. The summed E-state index contributed by atoms with van der Waals surface area (Å²) < 4.78 is 5.13. The number of ketones is 1. The number of likely N-dealkylation sites (tertiary alicyclic amines) is 1. The van der Waals surface area contributed by atoms with Crippen LogP contribution in [0.1, 0.15) is 40.7 Å². The van der Waals surface area contributed by atoms with E-state index in [-0.39, 0.29) is 11.5 Å². The number of nitrogens with zero attached hydrogens (tertiary/aromatic N) is 1. The fourth-order valence-corrected chi connectivity index (χ4v) is 3.21. The highest BCUT2D eigenvalue weighted by molar-refractivity contribution is 6.07. The molecule has 1 heterocycles. The third-order valence-electron chi connectivity index (χ3n) is 4.75. The number of hydrogen-bond donors (Lipinski definition) is 1. The number of benzene rings is 2. The molecule has 0 spiro atoms. The van der Waals surface area contributed by atoms with Crippen LogP contribution in [0.2, 0.25) is 0 Å². The first kappa shape index (κ1) is 18.2. The molecule has 4 nitrogen and oxygen atoms in total. The Bertz CT molecular complexity index is 774. The maximum atomic E-state index is 12.5. The second kappa shape index (κ2) is 8.68. The Balaban J connectivity index is 1.70. The van der Waals surface area contributed by atoms with Crippen molar-refractivity contribution in [1.82, 2.24) is 4.90 Å². The summed E-state index contributed by atoms with van der Waals surface area (Å²) in [4.78, 5) is 14.8. The van der Waals surface area contributed by atoms with E-state index in [0.717, 1.165) is 30.0 Å². The minimum atomic E-state index is -0.0688. The molecular weight excluding hydrogens is 326 g/mol. The Kier molecular flexibility index (Phi) is 6.08. The lowest BCUT2D eigenvalue weighted by atomic mass is 10.0. The van der Waals surface area contributed by atoms with Gasteiger partial charge in [-0.1, -0.05) is 24.6 Å². The molecule has 136 valence electrons. The van der Waals surface area contributed by atoms with E-state index in [1.54, 1.807) is 31.4 Å². The number of methoxy groups -OCH3 is 1. The van der Waals surface area contributed by atoms with E-state index >= 15 is 0 Å². The van der Waals surface area contributed by atoms with Crippen molar-refractivity contribution in [1.29, 1.82) is 0 Å². The number of carbonyl (C=O) groups is 1. The van der Waals surface area contributed by atoms with Gasteiger partial charge in [-0.2, -0.15) is 0 Å². The summed E-state index contributed by atoms with van der Waals surface area (Å²) in [7, 11) is 1.63. The van der Waals surface area contributed by atoms with Gasteiger partial charge in [0.25, 0.3) is 0 Å². The number of phenolic OH excluding ortho intramolecular Hbond substituents is 1. The Morgan fingerprint density at radius 3 is 2.54 bits per heavy atom. The van der Waals surface area contributed by atoms with Crippen molar-refractivity contribution in [2.75, 3.05) is 20.2 Å². The number of hydrogen-bond acceptors (Lipinski definition) is 4. The van der Waals surface area contributed by atoms with Crippen LogP contribution in [0.15, 0.2) is 48.5 Å². The molecule has 0 aromatic heterocycles. The smallest absolute Gasteiger partial charge is 0.185 e. The summed E-state index contributed by atoms with van der Waals surface area (Å²) >= 11 is 0. The van der Waals surface area contributed by atoms with Gasteiger partial charge in [0.2, 0.25) is 0 Å². The quantitative estimate of drug-likeness (QED) is 0.623. The molecule has 2 aromatic rings. The van der Waals surface area contributed by atoms with Gasteiger partial charge in [-0.3, -0.25) is 9.69 Å². The van der Waals surface area contributed by atoms with E-state index in [1.165, 1.54) is 19.3 Å². The van der Waals surface area contributed by atoms with Crippen molar-refractivity contribution in [3.05, 3.63) is 65.2 Å². The predicted octanol–water partition coefficient (Wildman–Crippen LogP) is 4.28. The Labute approximate surface area is 154 Å². The van der Waals surface area contributed by atoms with Gasteiger partial charge < -0.3 is 9.84 Å². The summed E-state index contributed by atoms with van der Waals surface area (Å²) in [6.07, 6.45) is 7.03. The second-order valence-electron chi connectivity index (χ2n) is 6.65. The molecule has 0 bridgehead atoms. The number of ether oxygens (including phenoxy) is 1. The molecule has 0 saturated carbocycles. The van der Waals surface area contributed by atoms with Gasteiger partial charge in [0.05, 0.1) is 7.11 Å². The van der Waals surface area contributed by atoms with E-state index in [2.05, 4.69) is 4.90 Å². The molecule has 4 heteroatoms. The maximum absolute atomic E-state index is 12.5. The highest BCUT2D eigenvalue weighted by Crippen LogP contribution is 2.23. The predicted molar refractivity (Wildman–Crippen MR) is 104 cm³/mol. The third kappa shape index (κ3) is 4.73. The zero-order valence-corrected chi connectivity index (χ0v) is 15.1. The number of allylic oxidation sites excluding steroid dienone is 1. The van der Waals surface area contributed by atoms with Crippen molar-refractivity contribution in [3.63, 3.8) is 0 Å². The summed E-state index contributed by atoms with van der Waals surface area (Å²) in [5.41, 5.74) is 2.35. The van der Waals surface area contributed by atoms with Gasteiger partial charge >= 0.3 is 0 Å². The van der Waals surface area contributed by atoms with Gasteiger partial charge in [0.1, 0.15) is 11.5 Å². The fourth-order valence-electron chi connectivity index (χ4n) is 3.21. The van der Waals surface area contributed by atoms with Crippen LogP contribution in [0.5, 0.6) is 11.5 Å². The average Bonchev–Trinajstić information content (AvgIpc) is 2.69. The van der Waals surface area contributed by atoms with Crippen LogP contribution < -0.4 is 4.74 Å². The molecule has 1 fully saturated rings. The molecule has 1 saturated heterocycles. The van der Waals surface area contributed by atoms with E-state index in [1.807, 2.05) is 30.3 Å². The first-order chi connectivity index (χ1) is 12.7. The molecule has 0 radical (unpaired) electrons. The van der Waals surface area contributed by atoms with Crippen molar-refractivity contribution < 1.29 is 14.6 Å². The van der Waals surface area contributed by atoms with Crippen LogP contribution in [0.3, 0.4) is 0 Å². The summed E-state index contributed by atoms with van der Waals surface area (Å²) in [6.45, 7) is 2.79. The minimum Gasteiger partial charge on any atom is -0.508 e. The molecule has 3 rings (SSSR count). The Morgan fingerprint density at radius 2 is 1.85 bits per heavy atom. The van der Waals surface area contributed by atoms with Crippen molar-refractivity contribution in [3.8, 4) is 11.5 Å². The van der Waals surface area contributed by atoms with Crippen LogP contribution >= 0.6 is 0 Å². The van der Waals surface area contributed by atoms with Gasteiger partial charge in [-0.05, 0) is 67.9 Å². The molecule has 0 aliphatic carbocycles. The van der Waals surface area contributed by atoms with E-state index in [0.29, 0.717) is 12.1 Å². The highest BCUT2D eigenvalue weighted by atomic mass is 16.5. The highest BCUT2D eigenvalue weighted by Gasteiger charge is 2.14. The van der Waals surface area contributed by atoms with Crippen LogP contribution in [-0.4, -0.2) is 36.0 Å². The topological polar surface area (TPSA) is 49.8 Å². The largest absolute Gasteiger partial charge is 0.508 e. The van der Waals surface area contributed by atoms with E-state index in [9.17, 15) is 9.90 Å².